The second-order valence-corrected chi connectivity index (χ2v) is 4.11. The van der Waals surface area contributed by atoms with Gasteiger partial charge in [-0.2, -0.15) is 0 Å². The monoisotopic (exact) mass is 251 g/mol. The molecule has 2 heterocycles. The van der Waals surface area contributed by atoms with Gasteiger partial charge >= 0.3 is 6.01 Å². The molecule has 0 fully saturated rings. The summed E-state index contributed by atoms with van der Waals surface area (Å²) < 4.78 is 7.70. The molecule has 0 N–H and O–H groups in total. The molecule has 2 aromatic heterocycles. The number of ether oxygens (including phenoxy) is 1. The number of hydrogen-bond acceptors (Lipinski definition) is 3. The van der Waals surface area contributed by atoms with Gasteiger partial charge < -0.3 is 4.74 Å². The number of aromatic nitrogens is 3. The third-order valence-electron chi connectivity index (χ3n) is 2.73. The topological polar surface area (TPSA) is 39.9 Å². The Bertz CT molecular complexity index is 579. The normalized spacial score (nSPS) is 10.3. The molecular weight excluding hydrogens is 238 g/mol. The first kappa shape index (κ1) is 11.5. The Morgan fingerprint density at radius 2 is 1.74 bits per heavy atom. The van der Waals surface area contributed by atoms with Crippen LogP contribution in [-0.4, -0.2) is 14.5 Å². The van der Waals surface area contributed by atoms with Gasteiger partial charge in [0.05, 0.1) is 6.54 Å². The van der Waals surface area contributed by atoms with Crippen molar-refractivity contribution in [3.63, 3.8) is 0 Å². The van der Waals surface area contributed by atoms with Gasteiger partial charge in [0.25, 0.3) is 0 Å². The zero-order valence-corrected chi connectivity index (χ0v) is 10.3. The van der Waals surface area contributed by atoms with Crippen LogP contribution in [0.15, 0.2) is 67.3 Å². The van der Waals surface area contributed by atoms with Crippen molar-refractivity contribution in [3.05, 3.63) is 72.8 Å². The highest BCUT2D eigenvalue weighted by molar-refractivity contribution is 5.22. The number of hydrogen-bond donors (Lipinski definition) is 0. The molecule has 0 saturated carbocycles. The molecule has 0 bridgehead atoms. The van der Waals surface area contributed by atoms with Gasteiger partial charge in [0.2, 0.25) is 0 Å². The van der Waals surface area contributed by atoms with E-state index in [1.807, 2.05) is 41.1 Å². The zero-order valence-electron chi connectivity index (χ0n) is 10.3. The molecule has 0 radical (unpaired) electrons. The maximum Gasteiger partial charge on any atom is 0.302 e. The van der Waals surface area contributed by atoms with E-state index in [1.165, 1.54) is 5.56 Å². The molecule has 0 unspecified atom stereocenters. The molecule has 0 atom stereocenters. The molecule has 0 aliphatic rings. The van der Waals surface area contributed by atoms with E-state index in [-0.39, 0.29) is 0 Å². The summed E-state index contributed by atoms with van der Waals surface area (Å²) in [5.41, 5.74) is 1.21. The van der Waals surface area contributed by atoms with Crippen LogP contribution in [-0.2, 0) is 6.54 Å². The Hall–Kier alpha value is -2.62. The van der Waals surface area contributed by atoms with Gasteiger partial charge in [-0.1, -0.05) is 30.3 Å². The molecule has 3 aromatic rings. The van der Waals surface area contributed by atoms with E-state index in [0.717, 1.165) is 12.3 Å². The largest absolute Gasteiger partial charge is 0.425 e. The Morgan fingerprint density at radius 1 is 0.947 bits per heavy atom. The van der Waals surface area contributed by atoms with Gasteiger partial charge in [-0.25, -0.2) is 4.98 Å². The minimum Gasteiger partial charge on any atom is -0.425 e. The smallest absolute Gasteiger partial charge is 0.302 e. The fourth-order valence-corrected chi connectivity index (χ4v) is 1.81. The summed E-state index contributed by atoms with van der Waals surface area (Å²) in [6.45, 7) is 0.737. The molecular formula is C15H13N3O. The summed E-state index contributed by atoms with van der Waals surface area (Å²) in [5.74, 6) is 0.732. The molecule has 4 heteroatoms. The van der Waals surface area contributed by atoms with Crippen LogP contribution >= 0.6 is 0 Å². The summed E-state index contributed by atoms with van der Waals surface area (Å²) in [7, 11) is 0. The fraction of sp³-hybridized carbons (Fsp3) is 0.0667. The van der Waals surface area contributed by atoms with Gasteiger partial charge in [-0.15, -0.1) is 0 Å². The van der Waals surface area contributed by atoms with E-state index in [9.17, 15) is 0 Å². The molecule has 0 aliphatic heterocycles. The lowest BCUT2D eigenvalue weighted by Gasteiger charge is -2.08. The van der Waals surface area contributed by atoms with Crippen LogP contribution in [0.3, 0.4) is 0 Å². The first-order chi connectivity index (χ1) is 9.42. The standard InChI is InChI=1S/C15H13N3O/c1-2-4-13(5-3-1)12-18-11-10-17-15(18)19-14-6-8-16-9-7-14/h1-11H,12H2. The van der Waals surface area contributed by atoms with Crippen LogP contribution in [0, 0.1) is 0 Å². The number of benzene rings is 1. The zero-order chi connectivity index (χ0) is 12.9. The molecule has 4 nitrogen and oxygen atoms in total. The summed E-state index contributed by atoms with van der Waals surface area (Å²) in [5, 5.41) is 0. The highest BCUT2D eigenvalue weighted by Gasteiger charge is 2.05. The number of pyridine rings is 1. The number of imidazole rings is 1. The lowest BCUT2D eigenvalue weighted by molar-refractivity contribution is 0.417. The first-order valence-corrected chi connectivity index (χ1v) is 6.05. The van der Waals surface area contributed by atoms with Crippen LogP contribution in [0.5, 0.6) is 11.8 Å². The van der Waals surface area contributed by atoms with Crippen molar-refractivity contribution in [2.24, 2.45) is 0 Å². The van der Waals surface area contributed by atoms with Crippen molar-refractivity contribution in [2.45, 2.75) is 6.54 Å². The summed E-state index contributed by atoms with van der Waals surface area (Å²) >= 11 is 0. The second kappa shape index (κ2) is 5.35. The minimum atomic E-state index is 0.579. The summed E-state index contributed by atoms with van der Waals surface area (Å²) in [6.07, 6.45) is 7.03. The van der Waals surface area contributed by atoms with Gasteiger partial charge in [-0.3, -0.25) is 9.55 Å². The Morgan fingerprint density at radius 3 is 2.53 bits per heavy atom. The van der Waals surface area contributed by atoms with Crippen LogP contribution < -0.4 is 4.74 Å². The van der Waals surface area contributed by atoms with E-state index in [0.29, 0.717) is 6.01 Å². The lowest BCUT2D eigenvalue weighted by Crippen LogP contribution is -2.01. The Labute approximate surface area is 111 Å². The predicted molar refractivity (Wildman–Crippen MR) is 72.1 cm³/mol. The van der Waals surface area contributed by atoms with Crippen LogP contribution in [0.1, 0.15) is 5.56 Å². The average molecular weight is 251 g/mol. The highest BCUT2D eigenvalue weighted by Crippen LogP contribution is 2.19. The van der Waals surface area contributed by atoms with E-state index in [4.69, 9.17) is 4.74 Å². The van der Waals surface area contributed by atoms with Crippen molar-refractivity contribution in [2.75, 3.05) is 0 Å². The maximum absolute atomic E-state index is 5.73. The lowest BCUT2D eigenvalue weighted by atomic mass is 10.2. The first-order valence-electron chi connectivity index (χ1n) is 6.05. The van der Waals surface area contributed by atoms with Crippen molar-refractivity contribution in [1.82, 2.24) is 14.5 Å². The molecule has 3 rings (SSSR count). The highest BCUT2D eigenvalue weighted by atomic mass is 16.5. The van der Waals surface area contributed by atoms with Gasteiger partial charge in [0.1, 0.15) is 5.75 Å². The van der Waals surface area contributed by atoms with E-state index < -0.39 is 0 Å². The third-order valence-corrected chi connectivity index (χ3v) is 2.73. The van der Waals surface area contributed by atoms with E-state index in [1.54, 1.807) is 18.6 Å². The van der Waals surface area contributed by atoms with Crippen LogP contribution in [0.25, 0.3) is 0 Å². The van der Waals surface area contributed by atoms with Gasteiger partial charge in [0.15, 0.2) is 0 Å². The minimum absolute atomic E-state index is 0.579. The fourth-order valence-electron chi connectivity index (χ4n) is 1.81. The van der Waals surface area contributed by atoms with Gasteiger partial charge in [0, 0.05) is 24.8 Å². The molecule has 0 amide bonds. The average Bonchev–Trinajstić information content (AvgIpc) is 2.88. The molecule has 1 aromatic carbocycles. The van der Waals surface area contributed by atoms with E-state index in [2.05, 4.69) is 22.1 Å². The molecule has 0 saturated heterocycles. The third kappa shape index (κ3) is 2.80. The Kier molecular flexibility index (Phi) is 3.23. The maximum atomic E-state index is 5.73. The summed E-state index contributed by atoms with van der Waals surface area (Å²) in [4.78, 5) is 8.19. The van der Waals surface area contributed by atoms with Crippen LogP contribution in [0.4, 0.5) is 0 Å². The molecule has 19 heavy (non-hydrogen) atoms. The molecule has 94 valence electrons. The van der Waals surface area contributed by atoms with Crippen molar-refractivity contribution < 1.29 is 4.74 Å². The van der Waals surface area contributed by atoms with Crippen molar-refractivity contribution >= 4 is 0 Å². The predicted octanol–water partition coefficient (Wildman–Crippen LogP) is 3.12. The number of rotatable bonds is 4. The SMILES string of the molecule is c1ccc(Cn2ccnc2Oc2ccncc2)cc1. The Balaban J connectivity index is 1.79. The van der Waals surface area contributed by atoms with Crippen molar-refractivity contribution in [3.8, 4) is 11.8 Å². The molecule has 0 spiro atoms. The van der Waals surface area contributed by atoms with Crippen LogP contribution in [0.2, 0.25) is 0 Å². The quantitative estimate of drug-likeness (QED) is 0.715. The molecule has 0 aliphatic carbocycles. The van der Waals surface area contributed by atoms with Crippen molar-refractivity contribution in [1.29, 1.82) is 0 Å². The van der Waals surface area contributed by atoms with Gasteiger partial charge in [-0.05, 0) is 17.7 Å². The van der Waals surface area contributed by atoms with E-state index >= 15 is 0 Å². The second-order valence-electron chi connectivity index (χ2n) is 4.11. The summed E-state index contributed by atoms with van der Waals surface area (Å²) in [6, 6.07) is 14.4. The number of nitrogens with zero attached hydrogens (tertiary/aromatic N) is 3.